The molecule has 6 rings (SSSR count). The number of benzene rings is 5. The average Bonchev–Trinajstić information content (AvgIpc) is 3.45. The van der Waals surface area contributed by atoms with E-state index >= 15 is 0 Å². The number of carboxylic acids is 1. The maximum Gasteiger partial charge on any atom is 0.336 e. The van der Waals surface area contributed by atoms with Gasteiger partial charge in [-0.2, -0.15) is 0 Å². The van der Waals surface area contributed by atoms with Gasteiger partial charge in [0.05, 0.1) is 11.3 Å². The van der Waals surface area contributed by atoms with Crippen molar-refractivity contribution < 1.29 is 23.9 Å². The normalized spacial score (nSPS) is 11.0. The highest BCUT2D eigenvalue weighted by atomic mass is 32.2. The Hall–Kier alpha value is -5.41. The van der Waals surface area contributed by atoms with E-state index in [0.717, 1.165) is 21.6 Å². The van der Waals surface area contributed by atoms with Crippen molar-refractivity contribution in [3.63, 3.8) is 0 Å². The number of carboxylic acid groups (broad SMARTS) is 1. The molecule has 0 aliphatic heterocycles. The van der Waals surface area contributed by atoms with Crippen LogP contribution in [0.1, 0.15) is 20.7 Å². The molecule has 1 heterocycles. The Labute approximate surface area is 244 Å². The second kappa shape index (κ2) is 11.6. The van der Waals surface area contributed by atoms with Crippen LogP contribution in [0.5, 0.6) is 0 Å². The van der Waals surface area contributed by atoms with E-state index in [9.17, 15) is 19.5 Å². The van der Waals surface area contributed by atoms with E-state index in [1.54, 1.807) is 54.6 Å². The SMILES string of the molecule is O=C(CSc1ccc(NC(=O)c2cccc3cccc(C(=O)O)c23)cc1)Nc1ccc(-c2nc3ccccc3o2)cc1. The standard InChI is InChI=1S/C33H23N3O5S/c37-29(34-22-13-11-21(12-14-22)32-36-27-9-1-2-10-28(27)41-32)19-42-24-17-15-23(16-18-24)35-31(38)25-7-3-5-20-6-4-8-26(30(20)25)33(39)40/h1-18H,19H2,(H,34,37)(H,35,38)(H,39,40). The molecule has 6 aromatic rings. The first-order valence-electron chi connectivity index (χ1n) is 13.0. The summed E-state index contributed by atoms with van der Waals surface area (Å²) >= 11 is 1.37. The van der Waals surface area contributed by atoms with Gasteiger partial charge in [0.15, 0.2) is 5.58 Å². The van der Waals surface area contributed by atoms with Crippen molar-refractivity contribution in [3.05, 3.63) is 120 Å². The molecule has 0 bridgehead atoms. The number of hydrogen-bond donors (Lipinski definition) is 3. The summed E-state index contributed by atoms with van der Waals surface area (Å²) in [6.45, 7) is 0. The van der Waals surface area contributed by atoms with E-state index in [4.69, 9.17) is 4.42 Å². The molecule has 0 fully saturated rings. The van der Waals surface area contributed by atoms with Crippen molar-refractivity contribution in [1.82, 2.24) is 4.98 Å². The minimum absolute atomic E-state index is 0.0717. The Morgan fingerprint density at radius 1 is 0.738 bits per heavy atom. The highest BCUT2D eigenvalue weighted by Gasteiger charge is 2.17. The zero-order valence-electron chi connectivity index (χ0n) is 22.0. The van der Waals surface area contributed by atoms with Crippen LogP contribution in [0.3, 0.4) is 0 Å². The number of hydrogen-bond acceptors (Lipinski definition) is 6. The number of nitrogens with one attached hydrogen (secondary N) is 2. The number of nitrogens with zero attached hydrogens (tertiary/aromatic N) is 1. The smallest absolute Gasteiger partial charge is 0.336 e. The first-order valence-corrected chi connectivity index (χ1v) is 14.0. The first kappa shape index (κ1) is 26.8. The Kier molecular flexibility index (Phi) is 7.40. The molecule has 5 aromatic carbocycles. The number of oxazole rings is 1. The van der Waals surface area contributed by atoms with Gasteiger partial charge in [0.2, 0.25) is 11.8 Å². The van der Waals surface area contributed by atoms with Gasteiger partial charge in [0.1, 0.15) is 5.52 Å². The number of aromatic carboxylic acids is 1. The summed E-state index contributed by atoms with van der Waals surface area (Å²) in [5.41, 5.74) is 3.89. The van der Waals surface area contributed by atoms with Gasteiger partial charge >= 0.3 is 5.97 Å². The van der Waals surface area contributed by atoms with Crippen LogP contribution < -0.4 is 10.6 Å². The van der Waals surface area contributed by atoms with E-state index in [1.807, 2.05) is 48.5 Å². The number of carbonyl (C=O) groups is 3. The third-order valence-electron chi connectivity index (χ3n) is 6.57. The van der Waals surface area contributed by atoms with Crippen LogP contribution in [-0.2, 0) is 4.79 Å². The quantitative estimate of drug-likeness (QED) is 0.163. The molecule has 2 amide bonds. The third kappa shape index (κ3) is 5.72. The molecule has 0 aliphatic carbocycles. The number of fused-ring (bicyclic) bond motifs is 2. The van der Waals surface area contributed by atoms with Gasteiger partial charge in [-0.3, -0.25) is 9.59 Å². The molecule has 0 saturated heterocycles. The van der Waals surface area contributed by atoms with Gasteiger partial charge in [-0.05, 0) is 78.2 Å². The van der Waals surface area contributed by atoms with Crippen LogP contribution in [0, 0.1) is 0 Å². The molecular weight excluding hydrogens is 550 g/mol. The Balaban J connectivity index is 1.05. The maximum absolute atomic E-state index is 13.0. The van der Waals surface area contributed by atoms with Crippen LogP contribution >= 0.6 is 11.8 Å². The topological polar surface area (TPSA) is 122 Å². The lowest BCUT2D eigenvalue weighted by Gasteiger charge is -2.11. The average molecular weight is 574 g/mol. The van der Waals surface area contributed by atoms with Crippen molar-refractivity contribution in [2.24, 2.45) is 0 Å². The summed E-state index contributed by atoms with van der Waals surface area (Å²) in [7, 11) is 0. The molecule has 0 unspecified atom stereocenters. The molecule has 1 aromatic heterocycles. The molecule has 9 heteroatoms. The second-order valence-electron chi connectivity index (χ2n) is 9.39. The fraction of sp³-hybridized carbons (Fsp3) is 0.0303. The maximum atomic E-state index is 13.0. The van der Waals surface area contributed by atoms with E-state index in [0.29, 0.717) is 28.0 Å². The molecule has 206 valence electrons. The van der Waals surface area contributed by atoms with Crippen LogP contribution in [-0.4, -0.2) is 33.6 Å². The fourth-order valence-corrected chi connectivity index (χ4v) is 5.28. The van der Waals surface area contributed by atoms with E-state index < -0.39 is 11.9 Å². The molecule has 0 spiro atoms. The molecule has 0 atom stereocenters. The van der Waals surface area contributed by atoms with Crippen molar-refractivity contribution >= 4 is 62.8 Å². The van der Waals surface area contributed by atoms with Crippen LogP contribution in [0.25, 0.3) is 33.3 Å². The second-order valence-corrected chi connectivity index (χ2v) is 10.4. The Bertz CT molecular complexity index is 1910. The van der Waals surface area contributed by atoms with Crippen molar-refractivity contribution in [1.29, 1.82) is 0 Å². The summed E-state index contributed by atoms with van der Waals surface area (Å²) in [5.74, 6) is -0.935. The van der Waals surface area contributed by atoms with Crippen LogP contribution in [0.4, 0.5) is 11.4 Å². The number of anilines is 2. The highest BCUT2D eigenvalue weighted by Crippen LogP contribution is 2.27. The van der Waals surface area contributed by atoms with Gasteiger partial charge < -0.3 is 20.2 Å². The van der Waals surface area contributed by atoms with Gasteiger partial charge in [0, 0.05) is 32.8 Å². The first-order chi connectivity index (χ1) is 20.4. The summed E-state index contributed by atoms with van der Waals surface area (Å²) < 4.78 is 5.80. The number of carbonyl (C=O) groups excluding carboxylic acids is 2. The predicted molar refractivity (Wildman–Crippen MR) is 164 cm³/mol. The molecule has 42 heavy (non-hydrogen) atoms. The van der Waals surface area contributed by atoms with Crippen LogP contribution in [0.2, 0.25) is 0 Å². The molecule has 0 radical (unpaired) electrons. The zero-order valence-corrected chi connectivity index (χ0v) is 22.9. The largest absolute Gasteiger partial charge is 0.478 e. The minimum Gasteiger partial charge on any atom is -0.478 e. The van der Waals surface area contributed by atoms with E-state index in [2.05, 4.69) is 15.6 Å². The van der Waals surface area contributed by atoms with Crippen molar-refractivity contribution in [2.75, 3.05) is 16.4 Å². The van der Waals surface area contributed by atoms with Crippen molar-refractivity contribution in [3.8, 4) is 11.5 Å². The molecule has 0 saturated carbocycles. The highest BCUT2D eigenvalue weighted by molar-refractivity contribution is 8.00. The molecule has 8 nitrogen and oxygen atoms in total. The monoisotopic (exact) mass is 573 g/mol. The van der Waals surface area contributed by atoms with Gasteiger partial charge in [-0.1, -0.05) is 36.4 Å². The van der Waals surface area contributed by atoms with Crippen LogP contribution in [0.15, 0.2) is 119 Å². The number of thioether (sulfide) groups is 1. The Morgan fingerprint density at radius 2 is 1.40 bits per heavy atom. The summed E-state index contributed by atoms with van der Waals surface area (Å²) in [6, 6.07) is 32.0. The predicted octanol–water partition coefficient (Wildman–Crippen LogP) is 7.33. The number of para-hydroxylation sites is 2. The van der Waals surface area contributed by atoms with E-state index in [1.165, 1.54) is 17.8 Å². The van der Waals surface area contributed by atoms with Gasteiger partial charge in [-0.25, -0.2) is 9.78 Å². The lowest BCUT2D eigenvalue weighted by atomic mass is 9.98. The number of aromatic nitrogens is 1. The summed E-state index contributed by atoms with van der Waals surface area (Å²) in [5, 5.41) is 16.4. The Morgan fingerprint density at radius 3 is 2.12 bits per heavy atom. The molecule has 3 N–H and O–H groups in total. The lowest BCUT2D eigenvalue weighted by Crippen LogP contribution is -2.14. The summed E-state index contributed by atoms with van der Waals surface area (Å²) in [6.07, 6.45) is 0. The number of amides is 2. The number of rotatable bonds is 8. The lowest BCUT2D eigenvalue weighted by molar-refractivity contribution is -0.113. The minimum atomic E-state index is -1.09. The summed E-state index contributed by atoms with van der Waals surface area (Å²) in [4.78, 5) is 42.7. The van der Waals surface area contributed by atoms with Crippen molar-refractivity contribution in [2.45, 2.75) is 4.90 Å². The fourth-order valence-electron chi connectivity index (χ4n) is 4.58. The molecular formula is C33H23N3O5S. The third-order valence-corrected chi connectivity index (χ3v) is 7.58. The van der Waals surface area contributed by atoms with Gasteiger partial charge in [-0.15, -0.1) is 11.8 Å². The molecule has 0 aliphatic rings. The zero-order chi connectivity index (χ0) is 29.1. The van der Waals surface area contributed by atoms with E-state index in [-0.39, 0.29) is 22.8 Å². The van der Waals surface area contributed by atoms with Gasteiger partial charge in [0.25, 0.3) is 5.91 Å².